The van der Waals surface area contributed by atoms with Gasteiger partial charge in [-0.05, 0) is 50.8 Å². The third kappa shape index (κ3) is 4.29. The molecule has 0 heterocycles. The molecule has 1 aromatic rings. The van der Waals surface area contributed by atoms with E-state index in [-0.39, 0.29) is 0 Å². The molecule has 0 spiro atoms. The zero-order valence-electron chi connectivity index (χ0n) is 12.9. The summed E-state index contributed by atoms with van der Waals surface area (Å²) in [6, 6.07) is 7.82. The summed E-state index contributed by atoms with van der Waals surface area (Å²) in [5.41, 5.74) is 1.33. The van der Waals surface area contributed by atoms with Gasteiger partial charge in [-0.15, -0.1) is 0 Å². The van der Waals surface area contributed by atoms with Gasteiger partial charge < -0.3 is 14.7 Å². The van der Waals surface area contributed by atoms with Crippen molar-refractivity contribution in [3.8, 4) is 0 Å². The van der Waals surface area contributed by atoms with Crippen molar-refractivity contribution in [1.29, 1.82) is 0 Å². The molecule has 1 aliphatic rings. The first-order valence-electron chi connectivity index (χ1n) is 7.66. The number of hydrogen-bond acceptors (Lipinski definition) is 3. The van der Waals surface area contributed by atoms with E-state index in [9.17, 15) is 9.90 Å². The van der Waals surface area contributed by atoms with E-state index < -0.39 is 5.97 Å². The summed E-state index contributed by atoms with van der Waals surface area (Å²) in [5, 5.41) is 9.22. The summed E-state index contributed by atoms with van der Waals surface area (Å²) in [6.07, 6.45) is 5.79. The van der Waals surface area contributed by atoms with Gasteiger partial charge in [0.2, 0.25) is 0 Å². The van der Waals surface area contributed by atoms with Gasteiger partial charge in [-0.25, -0.2) is 4.79 Å². The molecule has 4 heteroatoms. The summed E-state index contributed by atoms with van der Waals surface area (Å²) in [4.78, 5) is 13.6. The van der Waals surface area contributed by atoms with Crippen LogP contribution < -0.4 is 0 Å². The largest absolute Gasteiger partial charge is 0.478 e. The van der Waals surface area contributed by atoms with Crippen LogP contribution in [0.25, 0.3) is 0 Å². The normalized spacial score (nSPS) is 22.4. The smallest absolute Gasteiger partial charge is 0.335 e. The van der Waals surface area contributed by atoms with Crippen LogP contribution in [0.15, 0.2) is 24.3 Å². The number of rotatable bonds is 6. The molecule has 1 saturated carbocycles. The number of carboxylic acid groups (broad SMARTS) is 1. The van der Waals surface area contributed by atoms with Gasteiger partial charge in [0.25, 0.3) is 0 Å². The van der Waals surface area contributed by atoms with Gasteiger partial charge >= 0.3 is 5.97 Å². The predicted octanol–water partition coefficient (Wildman–Crippen LogP) is 2.82. The fourth-order valence-electron chi connectivity index (χ4n) is 3.16. The number of ether oxygens (including phenoxy) is 1. The van der Waals surface area contributed by atoms with E-state index in [2.05, 4.69) is 11.9 Å². The number of hydrogen-bond donors (Lipinski definition) is 1. The molecule has 4 nitrogen and oxygen atoms in total. The van der Waals surface area contributed by atoms with Gasteiger partial charge in [0.15, 0.2) is 0 Å². The maximum absolute atomic E-state index is 11.2. The third-order valence-corrected chi connectivity index (χ3v) is 4.54. The summed E-state index contributed by atoms with van der Waals surface area (Å²) in [5.74, 6) is -0.842. The van der Waals surface area contributed by atoms with E-state index in [1.54, 1.807) is 19.2 Å². The fraction of sp³-hybridized carbons (Fsp3) is 0.588. The molecule has 21 heavy (non-hydrogen) atoms. The summed E-state index contributed by atoms with van der Waals surface area (Å²) >= 11 is 0. The molecule has 1 fully saturated rings. The average molecular weight is 291 g/mol. The summed E-state index contributed by atoms with van der Waals surface area (Å²) in [7, 11) is 3.92. The Hall–Kier alpha value is -1.39. The van der Waals surface area contributed by atoms with Gasteiger partial charge in [-0.2, -0.15) is 0 Å². The van der Waals surface area contributed by atoms with Crippen LogP contribution in [-0.4, -0.2) is 48.8 Å². The molecule has 0 aromatic heterocycles. The lowest BCUT2D eigenvalue weighted by Gasteiger charge is -2.34. The number of benzene rings is 1. The third-order valence-electron chi connectivity index (χ3n) is 4.54. The topological polar surface area (TPSA) is 49.8 Å². The van der Waals surface area contributed by atoms with Crippen LogP contribution >= 0.6 is 0 Å². The molecular weight excluding hydrogens is 266 g/mol. The summed E-state index contributed by atoms with van der Waals surface area (Å²) < 4.78 is 5.48. The molecule has 1 aromatic carbocycles. The standard InChI is InChI=1S/C17H25NO3/c1-18(14-7-5-8-15(12-14)21-2)11-10-13-6-3-4-9-16(13)17(19)20/h3-4,6,9,14-15H,5,7-8,10-12H2,1-2H3,(H,19,20). The number of methoxy groups -OCH3 is 1. The number of aromatic carboxylic acids is 1. The minimum atomic E-state index is -0.842. The van der Waals surface area contributed by atoms with Crippen molar-refractivity contribution in [3.63, 3.8) is 0 Å². The zero-order chi connectivity index (χ0) is 15.2. The maximum Gasteiger partial charge on any atom is 0.335 e. The maximum atomic E-state index is 11.2. The molecular formula is C17H25NO3. The quantitative estimate of drug-likeness (QED) is 0.875. The molecule has 0 saturated heterocycles. The lowest BCUT2D eigenvalue weighted by molar-refractivity contribution is 0.0349. The molecule has 1 N–H and O–H groups in total. The first-order chi connectivity index (χ1) is 10.1. The van der Waals surface area contributed by atoms with Crippen LogP contribution in [0, 0.1) is 0 Å². The SMILES string of the molecule is COC1CCCC(N(C)CCc2ccccc2C(=O)O)C1. The van der Waals surface area contributed by atoms with Crippen LogP contribution in [0.3, 0.4) is 0 Å². The highest BCUT2D eigenvalue weighted by Crippen LogP contribution is 2.24. The Bertz CT molecular complexity index is 475. The van der Waals surface area contributed by atoms with E-state index in [4.69, 9.17) is 4.74 Å². The molecule has 116 valence electrons. The molecule has 0 bridgehead atoms. The van der Waals surface area contributed by atoms with E-state index in [0.717, 1.165) is 31.4 Å². The minimum absolute atomic E-state index is 0.373. The van der Waals surface area contributed by atoms with Gasteiger partial charge in [-0.3, -0.25) is 0 Å². The van der Waals surface area contributed by atoms with Crippen LogP contribution in [-0.2, 0) is 11.2 Å². The summed E-state index contributed by atoms with van der Waals surface area (Å²) in [6.45, 7) is 0.880. The van der Waals surface area contributed by atoms with Gasteiger partial charge in [0.05, 0.1) is 11.7 Å². The Morgan fingerprint density at radius 2 is 2.14 bits per heavy atom. The van der Waals surface area contributed by atoms with Crippen LogP contribution in [0.1, 0.15) is 41.6 Å². The van der Waals surface area contributed by atoms with Crippen LogP contribution in [0.5, 0.6) is 0 Å². The number of carboxylic acids is 1. The highest BCUT2D eigenvalue weighted by atomic mass is 16.5. The second-order valence-electron chi connectivity index (χ2n) is 5.87. The molecule has 0 radical (unpaired) electrons. The fourth-order valence-corrected chi connectivity index (χ4v) is 3.16. The minimum Gasteiger partial charge on any atom is -0.478 e. The van der Waals surface area contributed by atoms with Crippen molar-refractivity contribution in [2.45, 2.75) is 44.2 Å². The van der Waals surface area contributed by atoms with E-state index in [0.29, 0.717) is 17.7 Å². The molecule has 2 rings (SSSR count). The number of carbonyl (C=O) groups is 1. The molecule has 1 aliphatic carbocycles. The van der Waals surface area contributed by atoms with Crippen molar-refractivity contribution in [3.05, 3.63) is 35.4 Å². The van der Waals surface area contributed by atoms with Crippen LogP contribution in [0.2, 0.25) is 0 Å². The lowest BCUT2D eigenvalue weighted by atomic mass is 9.91. The Balaban J connectivity index is 1.92. The first-order valence-corrected chi connectivity index (χ1v) is 7.66. The Morgan fingerprint density at radius 1 is 1.38 bits per heavy atom. The van der Waals surface area contributed by atoms with Gasteiger partial charge in [0.1, 0.15) is 0 Å². The molecule has 0 amide bonds. The predicted molar refractivity (Wildman–Crippen MR) is 82.8 cm³/mol. The second-order valence-corrected chi connectivity index (χ2v) is 5.87. The van der Waals surface area contributed by atoms with E-state index in [1.807, 2.05) is 12.1 Å². The van der Waals surface area contributed by atoms with Crippen molar-refractivity contribution < 1.29 is 14.6 Å². The van der Waals surface area contributed by atoms with Gasteiger partial charge in [-0.1, -0.05) is 18.2 Å². The Kier molecular flexibility index (Phi) is 5.76. The molecule has 0 aliphatic heterocycles. The van der Waals surface area contributed by atoms with Crippen LogP contribution in [0.4, 0.5) is 0 Å². The van der Waals surface area contributed by atoms with Crippen molar-refractivity contribution in [1.82, 2.24) is 4.90 Å². The first kappa shape index (κ1) is 16.0. The van der Waals surface area contributed by atoms with Crippen molar-refractivity contribution in [2.75, 3.05) is 20.7 Å². The van der Waals surface area contributed by atoms with E-state index >= 15 is 0 Å². The molecule has 2 atom stereocenters. The second kappa shape index (κ2) is 7.57. The van der Waals surface area contributed by atoms with Crippen molar-refractivity contribution in [2.24, 2.45) is 0 Å². The lowest BCUT2D eigenvalue weighted by Crippen LogP contribution is -2.39. The Morgan fingerprint density at radius 3 is 2.86 bits per heavy atom. The number of nitrogens with zero attached hydrogens (tertiary/aromatic N) is 1. The highest BCUT2D eigenvalue weighted by Gasteiger charge is 2.24. The number of likely N-dealkylation sites (N-methyl/N-ethyl adjacent to an activating group) is 1. The highest BCUT2D eigenvalue weighted by molar-refractivity contribution is 5.89. The monoisotopic (exact) mass is 291 g/mol. The average Bonchev–Trinajstić information content (AvgIpc) is 2.52. The van der Waals surface area contributed by atoms with E-state index in [1.165, 1.54) is 12.8 Å². The Labute approximate surface area is 126 Å². The van der Waals surface area contributed by atoms with Gasteiger partial charge in [0, 0.05) is 19.7 Å². The van der Waals surface area contributed by atoms with Crippen molar-refractivity contribution >= 4 is 5.97 Å². The molecule has 2 unspecified atom stereocenters. The zero-order valence-corrected chi connectivity index (χ0v) is 12.9.